The molecule has 1 aromatic rings. The first-order valence-electron chi connectivity index (χ1n) is 7.35. The summed E-state index contributed by atoms with van der Waals surface area (Å²) < 4.78 is 44.1. The molecule has 6 nitrogen and oxygen atoms in total. The minimum atomic E-state index is -4.43. The maximum atomic E-state index is 12.5. The maximum absolute atomic E-state index is 12.5. The van der Waals surface area contributed by atoms with Gasteiger partial charge in [0.2, 0.25) is 0 Å². The number of carbonyl (C=O) groups excluding carboxylic acids is 1. The fourth-order valence-corrected chi connectivity index (χ4v) is 2.19. The maximum Gasteiger partial charge on any atom is 0.435 e. The number of piperazine rings is 1. The van der Waals surface area contributed by atoms with Crippen LogP contribution >= 0.6 is 0 Å². The molecule has 0 unspecified atom stereocenters. The van der Waals surface area contributed by atoms with Crippen LogP contribution in [-0.4, -0.2) is 57.5 Å². The van der Waals surface area contributed by atoms with Gasteiger partial charge in [0, 0.05) is 32.4 Å². The molecule has 0 N–H and O–H groups in total. The Morgan fingerprint density at radius 2 is 1.83 bits per heavy atom. The highest BCUT2D eigenvalue weighted by Gasteiger charge is 2.33. The highest BCUT2D eigenvalue weighted by Crippen LogP contribution is 2.27. The normalized spacial score (nSPS) is 17.4. The predicted octanol–water partition coefficient (Wildman–Crippen LogP) is 2.41. The number of hydrogen-bond donors (Lipinski definition) is 0. The van der Waals surface area contributed by atoms with E-state index in [1.165, 1.54) is 10.9 Å². The largest absolute Gasteiger partial charge is 0.444 e. The molecule has 1 saturated heterocycles. The number of ether oxygens (including phenoxy) is 1. The van der Waals surface area contributed by atoms with Crippen molar-refractivity contribution in [3.05, 3.63) is 18.0 Å². The van der Waals surface area contributed by atoms with Crippen LogP contribution in [0.5, 0.6) is 0 Å². The molecular weight excluding hydrogens is 313 g/mol. The average molecular weight is 334 g/mol. The fourth-order valence-electron chi connectivity index (χ4n) is 2.19. The molecule has 0 atom stereocenters. The summed E-state index contributed by atoms with van der Waals surface area (Å²) in [7, 11) is 0. The Hall–Kier alpha value is -1.77. The van der Waals surface area contributed by atoms with Gasteiger partial charge in [-0.1, -0.05) is 0 Å². The van der Waals surface area contributed by atoms with Crippen molar-refractivity contribution in [2.45, 2.75) is 39.2 Å². The van der Waals surface area contributed by atoms with Crippen LogP contribution in [0.1, 0.15) is 26.5 Å². The van der Waals surface area contributed by atoms with Gasteiger partial charge in [0.05, 0.1) is 6.67 Å². The number of nitrogens with zero attached hydrogens (tertiary/aromatic N) is 4. The van der Waals surface area contributed by atoms with Crippen LogP contribution in [0.4, 0.5) is 18.0 Å². The number of hydrogen-bond acceptors (Lipinski definition) is 4. The highest BCUT2D eigenvalue weighted by molar-refractivity contribution is 5.68. The van der Waals surface area contributed by atoms with E-state index in [9.17, 15) is 18.0 Å². The first-order chi connectivity index (χ1) is 10.5. The number of rotatable bonds is 2. The molecule has 1 aliphatic rings. The van der Waals surface area contributed by atoms with E-state index < -0.39 is 17.5 Å². The van der Waals surface area contributed by atoms with E-state index in [1.807, 2.05) is 4.90 Å². The van der Waals surface area contributed by atoms with Crippen molar-refractivity contribution < 1.29 is 22.7 Å². The van der Waals surface area contributed by atoms with Gasteiger partial charge >= 0.3 is 12.3 Å². The summed E-state index contributed by atoms with van der Waals surface area (Å²) in [4.78, 5) is 15.5. The molecule has 23 heavy (non-hydrogen) atoms. The molecule has 130 valence electrons. The standard InChI is InChI=1S/C14H21F3N4O2/c1-13(2,3)23-12(22)20-8-6-19(7-9-20)10-21-5-4-11(18-21)14(15,16)17/h4-5H,6-10H2,1-3H3. The molecular formula is C14H21F3N4O2. The van der Waals surface area contributed by atoms with Gasteiger partial charge in [-0.3, -0.25) is 9.58 Å². The quantitative estimate of drug-likeness (QED) is 0.833. The summed E-state index contributed by atoms with van der Waals surface area (Å²) in [5, 5.41) is 3.52. The Morgan fingerprint density at radius 1 is 1.22 bits per heavy atom. The molecule has 1 aromatic heterocycles. The average Bonchev–Trinajstić information content (AvgIpc) is 2.86. The van der Waals surface area contributed by atoms with E-state index >= 15 is 0 Å². The van der Waals surface area contributed by atoms with Gasteiger partial charge in [0.15, 0.2) is 5.69 Å². The predicted molar refractivity (Wildman–Crippen MR) is 76.6 cm³/mol. The van der Waals surface area contributed by atoms with Crippen LogP contribution in [-0.2, 0) is 17.6 Å². The van der Waals surface area contributed by atoms with Crippen molar-refractivity contribution >= 4 is 6.09 Å². The van der Waals surface area contributed by atoms with Crippen LogP contribution in [0.2, 0.25) is 0 Å². The Morgan fingerprint density at radius 3 is 2.30 bits per heavy atom. The Balaban J connectivity index is 1.83. The van der Waals surface area contributed by atoms with Crippen LogP contribution in [0.3, 0.4) is 0 Å². The number of amides is 1. The lowest BCUT2D eigenvalue weighted by molar-refractivity contribution is -0.141. The Bertz CT molecular complexity index is 543. The van der Waals surface area contributed by atoms with Crippen LogP contribution < -0.4 is 0 Å². The van der Waals surface area contributed by atoms with E-state index in [0.29, 0.717) is 26.2 Å². The van der Waals surface area contributed by atoms with Gasteiger partial charge < -0.3 is 9.64 Å². The zero-order chi connectivity index (χ0) is 17.3. The molecule has 1 amide bonds. The summed E-state index contributed by atoms with van der Waals surface area (Å²) >= 11 is 0. The lowest BCUT2D eigenvalue weighted by atomic mass is 10.2. The Kier molecular flexibility index (Phi) is 4.88. The third-order valence-electron chi connectivity index (χ3n) is 3.30. The zero-order valence-corrected chi connectivity index (χ0v) is 13.4. The molecule has 0 saturated carbocycles. The molecule has 2 rings (SSSR count). The number of halogens is 3. The van der Waals surface area contributed by atoms with Crippen molar-refractivity contribution in [3.8, 4) is 0 Å². The fraction of sp³-hybridized carbons (Fsp3) is 0.714. The van der Waals surface area contributed by atoms with Crippen molar-refractivity contribution in [1.29, 1.82) is 0 Å². The van der Waals surface area contributed by atoms with Crippen molar-refractivity contribution in [3.63, 3.8) is 0 Å². The Labute approximate surface area is 132 Å². The van der Waals surface area contributed by atoms with E-state index in [4.69, 9.17) is 4.74 Å². The van der Waals surface area contributed by atoms with Crippen molar-refractivity contribution in [2.75, 3.05) is 26.2 Å². The first kappa shape index (κ1) is 17.6. The second-order valence-corrected chi connectivity index (χ2v) is 6.47. The zero-order valence-electron chi connectivity index (χ0n) is 13.4. The van der Waals surface area contributed by atoms with E-state index in [1.54, 1.807) is 25.7 Å². The minimum absolute atomic E-state index is 0.262. The molecule has 1 fully saturated rings. The molecule has 9 heteroatoms. The van der Waals surface area contributed by atoms with Gasteiger partial charge in [-0.15, -0.1) is 0 Å². The molecule has 0 bridgehead atoms. The molecule has 0 aromatic carbocycles. The van der Waals surface area contributed by atoms with Crippen molar-refractivity contribution in [1.82, 2.24) is 19.6 Å². The molecule has 2 heterocycles. The summed E-state index contributed by atoms with van der Waals surface area (Å²) in [5.74, 6) is 0. The number of alkyl halides is 3. The lowest BCUT2D eigenvalue weighted by Gasteiger charge is -2.35. The van der Waals surface area contributed by atoms with Gasteiger partial charge in [0.1, 0.15) is 5.60 Å². The second kappa shape index (κ2) is 6.38. The van der Waals surface area contributed by atoms with Gasteiger partial charge in [-0.05, 0) is 26.8 Å². The molecule has 1 aliphatic heterocycles. The smallest absolute Gasteiger partial charge is 0.435 e. The molecule has 0 aliphatic carbocycles. The summed E-state index contributed by atoms with van der Waals surface area (Å²) in [6, 6.07) is 0.955. The van der Waals surface area contributed by atoms with Crippen LogP contribution in [0, 0.1) is 0 Å². The van der Waals surface area contributed by atoms with E-state index in [0.717, 1.165) is 6.07 Å². The third kappa shape index (κ3) is 5.12. The topological polar surface area (TPSA) is 50.6 Å². The third-order valence-corrected chi connectivity index (χ3v) is 3.30. The van der Waals surface area contributed by atoms with Crippen LogP contribution in [0.15, 0.2) is 12.3 Å². The van der Waals surface area contributed by atoms with E-state index in [2.05, 4.69) is 5.10 Å². The first-order valence-corrected chi connectivity index (χ1v) is 7.35. The van der Waals surface area contributed by atoms with E-state index in [-0.39, 0.29) is 12.8 Å². The van der Waals surface area contributed by atoms with Crippen molar-refractivity contribution in [2.24, 2.45) is 0 Å². The van der Waals surface area contributed by atoms with Gasteiger partial charge in [-0.2, -0.15) is 18.3 Å². The summed E-state index contributed by atoms with van der Waals surface area (Å²) in [6.45, 7) is 7.73. The monoisotopic (exact) mass is 334 g/mol. The molecule has 0 radical (unpaired) electrons. The highest BCUT2D eigenvalue weighted by atomic mass is 19.4. The van der Waals surface area contributed by atoms with Crippen LogP contribution in [0.25, 0.3) is 0 Å². The second-order valence-electron chi connectivity index (χ2n) is 6.47. The summed E-state index contributed by atoms with van der Waals surface area (Å²) in [6.07, 6.45) is -3.49. The summed E-state index contributed by atoms with van der Waals surface area (Å²) in [5.41, 5.74) is -1.44. The number of aromatic nitrogens is 2. The number of carbonyl (C=O) groups is 1. The molecule has 0 spiro atoms. The lowest BCUT2D eigenvalue weighted by Crippen LogP contribution is -2.50. The van der Waals surface area contributed by atoms with Gasteiger partial charge in [-0.25, -0.2) is 4.79 Å². The van der Waals surface area contributed by atoms with Gasteiger partial charge in [0.25, 0.3) is 0 Å². The SMILES string of the molecule is CC(C)(C)OC(=O)N1CCN(Cn2ccc(C(F)(F)F)n2)CC1. The minimum Gasteiger partial charge on any atom is -0.444 e.